The normalized spacial score (nSPS) is 14.7. The standard InChI is InChI=1S/C12H17OS.F6P/c1-3-14(4-2)10-12(13)11-8-6-5-7-9-11;1-7(2,3,4,5)6/h5-9H,3-4,10H2,1-2H3;/q+1;-1. The summed E-state index contributed by atoms with van der Waals surface area (Å²) in [6.45, 7) is 4.32. The van der Waals surface area contributed by atoms with Crippen molar-refractivity contribution in [2.45, 2.75) is 13.8 Å². The third kappa shape index (κ3) is 15.5. The van der Waals surface area contributed by atoms with Gasteiger partial charge in [0.1, 0.15) is 11.5 Å². The van der Waals surface area contributed by atoms with Gasteiger partial charge in [-0.15, -0.1) is 0 Å². The fraction of sp³-hybridized carbons (Fsp3) is 0.417. The molecule has 0 aliphatic carbocycles. The number of hydrogen-bond acceptors (Lipinski definition) is 1. The first kappa shape index (κ1) is 20.2. The second kappa shape index (κ2) is 6.57. The third-order valence-corrected chi connectivity index (χ3v) is 4.55. The van der Waals surface area contributed by atoms with E-state index in [1.54, 1.807) is 0 Å². The number of hydrogen-bond donors (Lipinski definition) is 0. The summed E-state index contributed by atoms with van der Waals surface area (Å²) in [6.07, 6.45) is 0. The van der Waals surface area contributed by atoms with Crippen LogP contribution in [0.3, 0.4) is 0 Å². The van der Waals surface area contributed by atoms with Gasteiger partial charge >= 0.3 is 33.0 Å². The second-order valence-corrected chi connectivity index (χ2v) is 8.67. The molecule has 0 aromatic heterocycles. The SMILES string of the molecule is CC[S+](CC)CC(=O)c1ccccc1.F[P-](F)(F)(F)(F)F. The molecule has 124 valence electrons. The summed E-state index contributed by atoms with van der Waals surface area (Å²) in [5.41, 5.74) is 0.854. The third-order valence-electron chi connectivity index (χ3n) is 2.25. The topological polar surface area (TPSA) is 17.1 Å². The van der Waals surface area contributed by atoms with E-state index in [-0.39, 0.29) is 16.7 Å². The van der Waals surface area contributed by atoms with Crippen LogP contribution in [0.25, 0.3) is 0 Å². The Labute approximate surface area is 122 Å². The molecule has 1 rings (SSSR count). The first-order valence-corrected chi connectivity index (χ1v) is 9.77. The summed E-state index contributed by atoms with van der Waals surface area (Å²) in [7, 11) is -10.4. The Hall–Kier alpha value is -0.750. The van der Waals surface area contributed by atoms with Gasteiger partial charge in [-0.1, -0.05) is 30.3 Å². The molecule has 0 unspecified atom stereocenters. The molecule has 0 fully saturated rings. The summed E-state index contributed by atoms with van der Waals surface area (Å²) < 4.78 is 59.2. The van der Waals surface area contributed by atoms with E-state index in [0.717, 1.165) is 22.8 Å². The molecule has 0 radical (unpaired) electrons. The summed E-state index contributed by atoms with van der Waals surface area (Å²) in [5, 5.41) is 0. The number of Topliss-reactive ketones (excluding diaryl/α,β-unsaturated/α-hetero) is 1. The average molecular weight is 354 g/mol. The van der Waals surface area contributed by atoms with Crippen LogP contribution >= 0.6 is 7.81 Å². The van der Waals surface area contributed by atoms with Crippen LogP contribution in [0.1, 0.15) is 24.2 Å². The van der Waals surface area contributed by atoms with E-state index in [1.165, 1.54) is 0 Å². The minimum atomic E-state index is -10.7. The fourth-order valence-electron chi connectivity index (χ4n) is 1.30. The van der Waals surface area contributed by atoms with Gasteiger partial charge in [0.25, 0.3) is 0 Å². The molecule has 21 heavy (non-hydrogen) atoms. The second-order valence-electron chi connectivity index (χ2n) is 4.08. The Morgan fingerprint density at radius 2 is 1.33 bits per heavy atom. The van der Waals surface area contributed by atoms with Crippen molar-refractivity contribution < 1.29 is 30.0 Å². The predicted molar refractivity (Wildman–Crippen MR) is 77.7 cm³/mol. The van der Waals surface area contributed by atoms with Crippen molar-refractivity contribution in [3.8, 4) is 0 Å². The van der Waals surface area contributed by atoms with Crippen LogP contribution in [0.5, 0.6) is 0 Å². The van der Waals surface area contributed by atoms with E-state index in [0.29, 0.717) is 0 Å². The number of rotatable bonds is 5. The summed E-state index contributed by atoms with van der Waals surface area (Å²) in [6, 6.07) is 9.58. The monoisotopic (exact) mass is 354 g/mol. The molecule has 0 amide bonds. The molecule has 0 N–H and O–H groups in total. The number of benzene rings is 1. The molecule has 0 aliphatic rings. The number of carbonyl (C=O) groups excluding carboxylic acids is 1. The van der Waals surface area contributed by atoms with E-state index in [9.17, 15) is 30.0 Å². The minimum absolute atomic E-state index is 0.281. The molecule has 0 atom stereocenters. The van der Waals surface area contributed by atoms with Crippen molar-refractivity contribution in [3.63, 3.8) is 0 Å². The van der Waals surface area contributed by atoms with E-state index < -0.39 is 7.81 Å². The van der Waals surface area contributed by atoms with E-state index in [1.807, 2.05) is 30.3 Å². The Kier molecular flexibility index (Phi) is 6.33. The average Bonchev–Trinajstić information content (AvgIpc) is 2.33. The number of halogens is 6. The van der Waals surface area contributed by atoms with Crippen molar-refractivity contribution in [2.24, 2.45) is 0 Å². The van der Waals surface area contributed by atoms with Gasteiger partial charge in [-0.05, 0) is 24.7 Å². The van der Waals surface area contributed by atoms with E-state index in [2.05, 4.69) is 13.8 Å². The molecule has 0 spiro atoms. The van der Waals surface area contributed by atoms with Gasteiger partial charge in [-0.2, -0.15) is 0 Å². The van der Waals surface area contributed by atoms with E-state index >= 15 is 0 Å². The first-order valence-electron chi connectivity index (χ1n) is 6.01. The summed E-state index contributed by atoms with van der Waals surface area (Å²) in [4.78, 5) is 11.8. The molecular weight excluding hydrogens is 337 g/mol. The Morgan fingerprint density at radius 3 is 1.67 bits per heavy atom. The van der Waals surface area contributed by atoms with Gasteiger partial charge in [0.2, 0.25) is 5.78 Å². The molecule has 1 nitrogen and oxygen atoms in total. The van der Waals surface area contributed by atoms with Crippen LogP contribution in [-0.2, 0) is 10.9 Å². The zero-order valence-electron chi connectivity index (χ0n) is 11.5. The predicted octanol–water partition coefficient (Wildman–Crippen LogP) is 5.91. The molecule has 0 aliphatic heterocycles. The molecule has 0 saturated heterocycles. The van der Waals surface area contributed by atoms with Crippen LogP contribution in [-0.4, -0.2) is 23.0 Å². The molecule has 0 heterocycles. The zero-order chi connectivity index (χ0) is 16.8. The van der Waals surface area contributed by atoms with Gasteiger partial charge in [-0.3, -0.25) is 4.79 Å². The molecule has 9 heteroatoms. The molecular formula is C12H17F6OPS. The molecule has 0 saturated carbocycles. The summed E-state index contributed by atoms with van der Waals surface area (Å²) >= 11 is 0. The zero-order valence-corrected chi connectivity index (χ0v) is 13.3. The Bertz CT molecular complexity index is 443. The molecule has 1 aromatic carbocycles. The number of carbonyl (C=O) groups is 1. The van der Waals surface area contributed by atoms with Crippen molar-refractivity contribution in [3.05, 3.63) is 35.9 Å². The molecule has 0 bridgehead atoms. The Morgan fingerprint density at radius 1 is 0.952 bits per heavy atom. The van der Waals surface area contributed by atoms with Crippen LogP contribution < -0.4 is 0 Å². The molecule has 1 aromatic rings. The van der Waals surface area contributed by atoms with Crippen molar-refractivity contribution in [1.82, 2.24) is 0 Å². The maximum atomic E-state index is 11.8. The number of ketones is 1. The van der Waals surface area contributed by atoms with Crippen molar-refractivity contribution >= 4 is 24.5 Å². The van der Waals surface area contributed by atoms with Crippen molar-refractivity contribution in [2.75, 3.05) is 17.3 Å². The van der Waals surface area contributed by atoms with Gasteiger partial charge in [0, 0.05) is 5.56 Å². The van der Waals surface area contributed by atoms with Crippen molar-refractivity contribution in [1.29, 1.82) is 0 Å². The Balaban J connectivity index is 0.000000486. The van der Waals surface area contributed by atoms with Crippen LogP contribution in [0, 0.1) is 0 Å². The van der Waals surface area contributed by atoms with Gasteiger partial charge in [0.05, 0.1) is 0 Å². The fourth-order valence-corrected chi connectivity index (χ4v) is 2.65. The quantitative estimate of drug-likeness (QED) is 0.278. The van der Waals surface area contributed by atoms with Gasteiger partial charge in [-0.25, -0.2) is 0 Å². The van der Waals surface area contributed by atoms with Gasteiger partial charge in [0.15, 0.2) is 5.75 Å². The van der Waals surface area contributed by atoms with E-state index in [4.69, 9.17) is 0 Å². The van der Waals surface area contributed by atoms with Crippen LogP contribution in [0.15, 0.2) is 30.3 Å². The van der Waals surface area contributed by atoms with Gasteiger partial charge < -0.3 is 0 Å². The van der Waals surface area contributed by atoms with Crippen LogP contribution in [0.2, 0.25) is 0 Å². The summed E-state index contributed by atoms with van der Waals surface area (Å²) in [5.74, 6) is 3.25. The van der Waals surface area contributed by atoms with Crippen LogP contribution in [0.4, 0.5) is 25.2 Å². The first-order chi connectivity index (χ1) is 9.22. The maximum absolute atomic E-state index is 11.8.